The molecule has 2 N–H and O–H groups in total. The Morgan fingerprint density at radius 2 is 1.81 bits per heavy atom. The third-order valence-electron chi connectivity index (χ3n) is 5.22. The Morgan fingerprint density at radius 1 is 1.15 bits per heavy atom. The highest BCUT2D eigenvalue weighted by atomic mass is 16.2. The first-order valence-corrected chi connectivity index (χ1v) is 9.48. The molecule has 1 aromatic carbocycles. The monoisotopic (exact) mass is 368 g/mol. The fraction of sp³-hybridized carbons (Fsp3) is 0.429. The van der Waals surface area contributed by atoms with Gasteiger partial charge in [-0.05, 0) is 45.0 Å². The molecule has 144 valence electrons. The van der Waals surface area contributed by atoms with Crippen molar-refractivity contribution in [1.29, 1.82) is 0 Å². The first-order chi connectivity index (χ1) is 12.9. The minimum Gasteiger partial charge on any atom is -0.367 e. The maximum atomic E-state index is 13.0. The van der Waals surface area contributed by atoms with E-state index in [0.717, 1.165) is 48.8 Å². The lowest BCUT2D eigenvalue weighted by molar-refractivity contribution is 0.101. The van der Waals surface area contributed by atoms with Crippen LogP contribution in [0.25, 0.3) is 0 Å². The number of aromatic amines is 1. The van der Waals surface area contributed by atoms with Gasteiger partial charge in [0.15, 0.2) is 5.78 Å². The van der Waals surface area contributed by atoms with Gasteiger partial charge >= 0.3 is 0 Å². The molecule has 0 saturated carbocycles. The second-order valence-electron chi connectivity index (χ2n) is 7.15. The second kappa shape index (κ2) is 7.96. The maximum Gasteiger partial charge on any atom is 0.272 e. The number of rotatable bonds is 5. The van der Waals surface area contributed by atoms with E-state index in [9.17, 15) is 9.59 Å². The predicted molar refractivity (Wildman–Crippen MR) is 109 cm³/mol. The highest BCUT2D eigenvalue weighted by Gasteiger charge is 2.23. The molecule has 0 atom stereocenters. The molecule has 27 heavy (non-hydrogen) atoms. The highest BCUT2D eigenvalue weighted by Crippen LogP contribution is 2.28. The number of nitrogens with one attached hydrogen (secondary N) is 2. The summed E-state index contributed by atoms with van der Waals surface area (Å²) < 4.78 is 0. The fourth-order valence-corrected chi connectivity index (χ4v) is 3.79. The van der Waals surface area contributed by atoms with E-state index in [-0.39, 0.29) is 11.7 Å². The van der Waals surface area contributed by atoms with Gasteiger partial charge in [-0.1, -0.05) is 19.1 Å². The fourth-order valence-electron chi connectivity index (χ4n) is 3.79. The zero-order chi connectivity index (χ0) is 19.6. The van der Waals surface area contributed by atoms with Crippen LogP contribution in [-0.2, 0) is 6.42 Å². The van der Waals surface area contributed by atoms with Crippen LogP contribution < -0.4 is 10.2 Å². The zero-order valence-electron chi connectivity index (χ0n) is 16.6. The number of carbonyl (C=O) groups excluding carboxylic acids is 2. The Bertz CT molecular complexity index is 848. The lowest BCUT2D eigenvalue weighted by atomic mass is 10.0. The van der Waals surface area contributed by atoms with Crippen LogP contribution in [0.3, 0.4) is 0 Å². The van der Waals surface area contributed by atoms with E-state index in [2.05, 4.69) is 27.1 Å². The van der Waals surface area contributed by atoms with Gasteiger partial charge in [0.2, 0.25) is 0 Å². The summed E-state index contributed by atoms with van der Waals surface area (Å²) in [5.41, 5.74) is 4.48. The predicted octanol–water partition coefficient (Wildman–Crippen LogP) is 3.09. The molecule has 1 fully saturated rings. The van der Waals surface area contributed by atoms with Crippen LogP contribution in [0.4, 0.5) is 11.4 Å². The van der Waals surface area contributed by atoms with Crippen molar-refractivity contribution in [2.24, 2.45) is 0 Å². The third-order valence-corrected chi connectivity index (χ3v) is 5.22. The lowest BCUT2D eigenvalue weighted by Crippen LogP contribution is -2.44. The standard InChI is InChI=1S/C21H28N4O2/c1-5-16-19(15(3)26)14(2)22-20(16)21(27)23-17-8-6-7-9-18(17)25-12-10-24(4)11-13-25/h6-9,22H,5,10-13H2,1-4H3,(H,23,27). The summed E-state index contributed by atoms with van der Waals surface area (Å²) in [6.45, 7) is 9.20. The van der Waals surface area contributed by atoms with E-state index >= 15 is 0 Å². The first kappa shape index (κ1) is 19.2. The van der Waals surface area contributed by atoms with E-state index < -0.39 is 0 Å². The lowest BCUT2D eigenvalue weighted by Gasteiger charge is -2.35. The quantitative estimate of drug-likeness (QED) is 0.796. The van der Waals surface area contributed by atoms with Crippen LogP contribution in [0, 0.1) is 6.92 Å². The molecular formula is C21H28N4O2. The minimum absolute atomic E-state index is 0.0162. The van der Waals surface area contributed by atoms with Crippen molar-refractivity contribution < 1.29 is 9.59 Å². The second-order valence-corrected chi connectivity index (χ2v) is 7.15. The van der Waals surface area contributed by atoms with E-state index in [1.165, 1.54) is 0 Å². The highest BCUT2D eigenvalue weighted by molar-refractivity contribution is 6.08. The first-order valence-electron chi connectivity index (χ1n) is 9.48. The Kier molecular flexibility index (Phi) is 5.65. The summed E-state index contributed by atoms with van der Waals surface area (Å²) >= 11 is 0. The summed E-state index contributed by atoms with van der Waals surface area (Å²) in [5.74, 6) is -0.221. The molecule has 2 aromatic rings. The van der Waals surface area contributed by atoms with Gasteiger partial charge in [0, 0.05) is 37.4 Å². The van der Waals surface area contributed by atoms with Crippen molar-refractivity contribution in [2.75, 3.05) is 43.4 Å². The number of para-hydroxylation sites is 2. The molecule has 2 heterocycles. The van der Waals surface area contributed by atoms with Gasteiger partial charge in [-0.15, -0.1) is 0 Å². The molecule has 0 bridgehead atoms. The van der Waals surface area contributed by atoms with Crippen molar-refractivity contribution in [3.05, 3.63) is 46.8 Å². The molecule has 3 rings (SSSR count). The Hall–Kier alpha value is -2.60. The molecule has 0 aliphatic carbocycles. The average molecular weight is 368 g/mol. The Balaban J connectivity index is 1.87. The third kappa shape index (κ3) is 3.90. The molecule has 1 saturated heterocycles. The number of Topliss-reactive ketones (excluding diaryl/α,β-unsaturated/α-hetero) is 1. The van der Waals surface area contributed by atoms with Crippen molar-refractivity contribution in [3.63, 3.8) is 0 Å². The van der Waals surface area contributed by atoms with Gasteiger partial charge in [0.05, 0.1) is 11.4 Å². The van der Waals surface area contributed by atoms with Crippen molar-refractivity contribution in [2.45, 2.75) is 27.2 Å². The van der Waals surface area contributed by atoms with Crippen LogP contribution in [0.2, 0.25) is 0 Å². The summed E-state index contributed by atoms with van der Waals surface area (Å²) in [6.07, 6.45) is 0.627. The van der Waals surface area contributed by atoms with Crippen LogP contribution in [0.1, 0.15) is 46.0 Å². The number of aromatic nitrogens is 1. The molecule has 1 aliphatic rings. The number of hydrogen-bond donors (Lipinski definition) is 2. The number of amides is 1. The minimum atomic E-state index is -0.205. The smallest absolute Gasteiger partial charge is 0.272 e. The molecular weight excluding hydrogens is 340 g/mol. The Labute approximate surface area is 160 Å². The van der Waals surface area contributed by atoms with E-state index in [1.807, 2.05) is 38.1 Å². The summed E-state index contributed by atoms with van der Waals surface area (Å²) in [7, 11) is 2.12. The molecule has 0 radical (unpaired) electrons. The Morgan fingerprint density at radius 3 is 2.44 bits per heavy atom. The number of likely N-dealkylation sites (N-methyl/N-ethyl adjacent to an activating group) is 1. The molecule has 0 unspecified atom stereocenters. The SMILES string of the molecule is CCc1c(C(=O)Nc2ccccc2N2CCN(C)CC2)[nH]c(C)c1C(C)=O. The number of carbonyl (C=O) groups is 2. The van der Waals surface area contributed by atoms with Crippen LogP contribution >= 0.6 is 0 Å². The van der Waals surface area contributed by atoms with Gasteiger partial charge in [0.25, 0.3) is 5.91 Å². The van der Waals surface area contributed by atoms with Crippen molar-refractivity contribution in [1.82, 2.24) is 9.88 Å². The largest absolute Gasteiger partial charge is 0.367 e. The number of piperazine rings is 1. The van der Waals surface area contributed by atoms with Crippen LogP contribution in [0.5, 0.6) is 0 Å². The number of ketones is 1. The van der Waals surface area contributed by atoms with Gasteiger partial charge in [-0.2, -0.15) is 0 Å². The van der Waals surface area contributed by atoms with Crippen molar-refractivity contribution in [3.8, 4) is 0 Å². The van der Waals surface area contributed by atoms with E-state index in [1.54, 1.807) is 6.92 Å². The number of nitrogens with zero attached hydrogens (tertiary/aromatic N) is 2. The molecule has 0 spiro atoms. The van der Waals surface area contributed by atoms with Crippen molar-refractivity contribution >= 4 is 23.1 Å². The summed E-state index contributed by atoms with van der Waals surface area (Å²) in [4.78, 5) is 32.7. The molecule has 6 heteroatoms. The number of hydrogen-bond acceptors (Lipinski definition) is 4. The van der Waals surface area contributed by atoms with Gasteiger partial charge in [-0.3, -0.25) is 9.59 Å². The number of aryl methyl sites for hydroxylation is 1. The molecule has 1 aliphatic heterocycles. The van der Waals surface area contributed by atoms with Gasteiger partial charge < -0.3 is 20.1 Å². The van der Waals surface area contributed by atoms with E-state index in [0.29, 0.717) is 17.7 Å². The molecule has 1 amide bonds. The zero-order valence-corrected chi connectivity index (χ0v) is 16.6. The van der Waals surface area contributed by atoms with Gasteiger partial charge in [0.1, 0.15) is 5.69 Å². The number of benzene rings is 1. The maximum absolute atomic E-state index is 13.0. The summed E-state index contributed by atoms with van der Waals surface area (Å²) in [5, 5.41) is 3.05. The normalized spacial score (nSPS) is 15.0. The number of H-pyrrole nitrogens is 1. The molecule has 1 aromatic heterocycles. The van der Waals surface area contributed by atoms with Crippen LogP contribution in [0.15, 0.2) is 24.3 Å². The summed E-state index contributed by atoms with van der Waals surface area (Å²) in [6, 6.07) is 7.89. The van der Waals surface area contributed by atoms with E-state index in [4.69, 9.17) is 0 Å². The average Bonchev–Trinajstić information content (AvgIpc) is 2.99. The van der Waals surface area contributed by atoms with Crippen LogP contribution in [-0.4, -0.2) is 54.8 Å². The van der Waals surface area contributed by atoms with Gasteiger partial charge in [-0.25, -0.2) is 0 Å². The molecule has 6 nitrogen and oxygen atoms in total. The topological polar surface area (TPSA) is 68.4 Å². The number of anilines is 2.